The third-order valence-electron chi connectivity index (χ3n) is 4.21. The van der Waals surface area contributed by atoms with Crippen molar-refractivity contribution in [3.63, 3.8) is 0 Å². The summed E-state index contributed by atoms with van der Waals surface area (Å²) in [4.78, 5) is 24.4. The molecule has 140 valence electrons. The predicted molar refractivity (Wildman–Crippen MR) is 92.0 cm³/mol. The number of carbonyl (C=O) groups is 2. The Labute approximate surface area is 144 Å². The summed E-state index contributed by atoms with van der Waals surface area (Å²) in [6.07, 6.45) is 3.37. The number of nitrogens with zero attached hydrogens (tertiary/aromatic N) is 1. The van der Waals surface area contributed by atoms with Crippen LogP contribution in [0, 0.1) is 11.8 Å². The minimum atomic E-state index is -3.71. The van der Waals surface area contributed by atoms with Gasteiger partial charge in [0.1, 0.15) is 5.75 Å². The number of hydrogen-bond donors (Lipinski definition) is 2. The van der Waals surface area contributed by atoms with Crippen LogP contribution in [0.15, 0.2) is 0 Å². The minimum Gasteiger partial charge on any atom is -0.481 e. The fourth-order valence-electron chi connectivity index (χ4n) is 2.92. The summed E-state index contributed by atoms with van der Waals surface area (Å²) in [5, 5.41) is 8.78. The lowest BCUT2D eigenvalue weighted by atomic mass is 9.88. The summed E-state index contributed by atoms with van der Waals surface area (Å²) in [6.45, 7) is 6.33. The first kappa shape index (κ1) is 20.9. The van der Waals surface area contributed by atoms with Crippen LogP contribution in [0.5, 0.6) is 0 Å². The van der Waals surface area contributed by atoms with Crippen LogP contribution in [0.25, 0.3) is 0 Å². The SMILES string of the molecule is CC(C)CN(CCC(=O)O)C(=O)CS(=O)(=O)NC1CCC(C)CC1. The van der Waals surface area contributed by atoms with E-state index in [0.29, 0.717) is 12.5 Å². The molecule has 1 aliphatic rings. The standard InChI is InChI=1S/C16H30N2O5S/c1-12(2)10-18(9-8-16(20)21)15(19)11-24(22,23)17-14-6-4-13(3)5-7-14/h12-14,17H,4-11H2,1-3H3,(H,20,21). The van der Waals surface area contributed by atoms with Gasteiger partial charge in [0.05, 0.1) is 6.42 Å². The molecule has 1 aliphatic carbocycles. The molecular formula is C16H30N2O5S. The van der Waals surface area contributed by atoms with Gasteiger partial charge in [0, 0.05) is 19.1 Å². The highest BCUT2D eigenvalue weighted by molar-refractivity contribution is 7.90. The van der Waals surface area contributed by atoms with Crippen molar-refractivity contribution in [2.45, 2.75) is 58.9 Å². The minimum absolute atomic E-state index is 0.0306. The van der Waals surface area contributed by atoms with Gasteiger partial charge in [-0.05, 0) is 37.5 Å². The second-order valence-corrected chi connectivity index (χ2v) is 8.96. The Hall–Kier alpha value is -1.15. The third-order valence-corrected chi connectivity index (χ3v) is 5.53. The number of rotatable bonds is 9. The Morgan fingerprint density at radius 2 is 1.79 bits per heavy atom. The molecule has 8 heteroatoms. The molecule has 24 heavy (non-hydrogen) atoms. The normalized spacial score (nSPS) is 21.7. The molecule has 0 radical (unpaired) electrons. The molecule has 1 amide bonds. The Morgan fingerprint density at radius 3 is 2.29 bits per heavy atom. The van der Waals surface area contributed by atoms with E-state index in [4.69, 9.17) is 5.11 Å². The maximum Gasteiger partial charge on any atom is 0.305 e. The summed E-state index contributed by atoms with van der Waals surface area (Å²) in [6, 6.07) is -0.100. The van der Waals surface area contributed by atoms with Crippen molar-refractivity contribution < 1.29 is 23.1 Å². The van der Waals surface area contributed by atoms with Crippen molar-refractivity contribution >= 4 is 21.9 Å². The second-order valence-electron chi connectivity index (χ2n) is 7.21. The number of carboxylic acids is 1. The van der Waals surface area contributed by atoms with Crippen LogP contribution in [0.2, 0.25) is 0 Å². The van der Waals surface area contributed by atoms with Crippen molar-refractivity contribution in [3.05, 3.63) is 0 Å². The quantitative estimate of drug-likeness (QED) is 0.646. The zero-order valence-electron chi connectivity index (χ0n) is 14.8. The lowest BCUT2D eigenvalue weighted by molar-refractivity contribution is -0.138. The van der Waals surface area contributed by atoms with Crippen LogP contribution in [-0.2, 0) is 19.6 Å². The fourth-order valence-corrected chi connectivity index (χ4v) is 4.25. The number of carbonyl (C=O) groups excluding carboxylic acids is 1. The topological polar surface area (TPSA) is 104 Å². The first-order valence-corrected chi connectivity index (χ1v) is 10.2. The van der Waals surface area contributed by atoms with Gasteiger partial charge in [0.15, 0.2) is 0 Å². The number of amides is 1. The van der Waals surface area contributed by atoms with E-state index >= 15 is 0 Å². The lowest BCUT2D eigenvalue weighted by Crippen LogP contribution is -2.45. The largest absolute Gasteiger partial charge is 0.481 e. The molecule has 0 aliphatic heterocycles. The van der Waals surface area contributed by atoms with Crippen LogP contribution in [0.3, 0.4) is 0 Å². The summed E-state index contributed by atoms with van der Waals surface area (Å²) in [5.74, 6) is -1.41. The molecular weight excluding hydrogens is 332 g/mol. The van der Waals surface area contributed by atoms with Crippen molar-refractivity contribution in [1.82, 2.24) is 9.62 Å². The fraction of sp³-hybridized carbons (Fsp3) is 0.875. The Bertz CT molecular complexity index is 525. The smallest absolute Gasteiger partial charge is 0.305 e. The van der Waals surface area contributed by atoms with E-state index in [9.17, 15) is 18.0 Å². The van der Waals surface area contributed by atoms with Gasteiger partial charge in [0.2, 0.25) is 15.9 Å². The van der Waals surface area contributed by atoms with Crippen LogP contribution >= 0.6 is 0 Å². The van der Waals surface area contributed by atoms with Crippen molar-refractivity contribution in [2.75, 3.05) is 18.8 Å². The average Bonchev–Trinajstić information content (AvgIpc) is 2.44. The maximum atomic E-state index is 12.3. The molecule has 1 rings (SSSR count). The van der Waals surface area contributed by atoms with Crippen LogP contribution < -0.4 is 4.72 Å². The molecule has 0 saturated heterocycles. The Kier molecular flexibility index (Phi) is 8.15. The molecule has 1 fully saturated rings. The first-order chi connectivity index (χ1) is 11.1. The molecule has 0 aromatic heterocycles. The van der Waals surface area contributed by atoms with E-state index in [1.165, 1.54) is 4.90 Å². The monoisotopic (exact) mass is 362 g/mol. The van der Waals surface area contributed by atoms with Gasteiger partial charge in [-0.2, -0.15) is 0 Å². The van der Waals surface area contributed by atoms with Crippen molar-refractivity contribution in [3.8, 4) is 0 Å². The van der Waals surface area contributed by atoms with E-state index < -0.39 is 27.7 Å². The van der Waals surface area contributed by atoms with E-state index in [0.717, 1.165) is 25.7 Å². The summed E-state index contributed by atoms with van der Waals surface area (Å²) < 4.78 is 27.1. The van der Waals surface area contributed by atoms with Gasteiger partial charge < -0.3 is 10.0 Å². The first-order valence-electron chi connectivity index (χ1n) is 8.58. The number of carboxylic acid groups (broad SMARTS) is 1. The Morgan fingerprint density at radius 1 is 1.21 bits per heavy atom. The molecule has 0 heterocycles. The summed E-state index contributed by atoms with van der Waals surface area (Å²) in [5.41, 5.74) is 0. The van der Waals surface area contributed by atoms with Crippen LogP contribution in [0.4, 0.5) is 0 Å². The van der Waals surface area contributed by atoms with E-state index in [2.05, 4.69) is 11.6 Å². The predicted octanol–water partition coefficient (Wildman–Crippen LogP) is 1.44. The molecule has 0 unspecified atom stereocenters. The van der Waals surface area contributed by atoms with Crippen LogP contribution in [-0.4, -0.2) is 55.2 Å². The molecule has 0 aromatic rings. The van der Waals surface area contributed by atoms with Crippen LogP contribution in [0.1, 0.15) is 52.9 Å². The van der Waals surface area contributed by atoms with E-state index in [1.807, 2.05) is 13.8 Å². The number of nitrogens with one attached hydrogen (secondary N) is 1. The van der Waals surface area contributed by atoms with Gasteiger partial charge in [-0.3, -0.25) is 9.59 Å². The summed E-state index contributed by atoms with van der Waals surface area (Å²) in [7, 11) is -3.71. The molecule has 0 bridgehead atoms. The van der Waals surface area contributed by atoms with E-state index in [1.54, 1.807) is 0 Å². The average molecular weight is 362 g/mol. The van der Waals surface area contributed by atoms with Gasteiger partial charge in [-0.1, -0.05) is 20.8 Å². The third kappa shape index (κ3) is 8.10. The van der Waals surface area contributed by atoms with Crippen molar-refractivity contribution in [2.24, 2.45) is 11.8 Å². The van der Waals surface area contributed by atoms with Gasteiger partial charge >= 0.3 is 5.97 Å². The molecule has 0 aromatic carbocycles. The van der Waals surface area contributed by atoms with Gasteiger partial charge in [-0.15, -0.1) is 0 Å². The highest BCUT2D eigenvalue weighted by Gasteiger charge is 2.27. The van der Waals surface area contributed by atoms with Crippen molar-refractivity contribution in [1.29, 1.82) is 0 Å². The molecule has 2 N–H and O–H groups in total. The zero-order chi connectivity index (χ0) is 18.3. The van der Waals surface area contributed by atoms with Gasteiger partial charge in [0.25, 0.3) is 0 Å². The van der Waals surface area contributed by atoms with E-state index in [-0.39, 0.29) is 24.9 Å². The highest BCUT2D eigenvalue weighted by Crippen LogP contribution is 2.23. The summed E-state index contributed by atoms with van der Waals surface area (Å²) >= 11 is 0. The molecule has 0 atom stereocenters. The lowest BCUT2D eigenvalue weighted by Gasteiger charge is -2.28. The zero-order valence-corrected chi connectivity index (χ0v) is 15.6. The molecule has 7 nitrogen and oxygen atoms in total. The molecule has 1 saturated carbocycles. The second kappa shape index (κ2) is 9.36. The highest BCUT2D eigenvalue weighted by atomic mass is 32.2. The Balaban J connectivity index is 2.60. The molecule has 0 spiro atoms. The number of aliphatic carboxylic acids is 1. The van der Waals surface area contributed by atoms with Gasteiger partial charge in [-0.25, -0.2) is 13.1 Å². The maximum absolute atomic E-state index is 12.3. The number of hydrogen-bond acceptors (Lipinski definition) is 4. The number of sulfonamides is 1.